The van der Waals surface area contributed by atoms with Gasteiger partial charge in [0, 0.05) is 16.2 Å². The summed E-state index contributed by atoms with van der Waals surface area (Å²) in [6, 6.07) is 6.99. The van der Waals surface area contributed by atoms with Gasteiger partial charge >= 0.3 is 12.1 Å². The summed E-state index contributed by atoms with van der Waals surface area (Å²) in [4.78, 5) is 38.6. The third-order valence-corrected chi connectivity index (χ3v) is 4.11. The smallest absolute Gasteiger partial charge is 0.417 e. The minimum absolute atomic E-state index is 0.316. The average Bonchev–Trinajstić information content (AvgIpc) is 2.65. The molecule has 2 amide bonds. The highest BCUT2D eigenvalue weighted by molar-refractivity contribution is 9.10. The van der Waals surface area contributed by atoms with Gasteiger partial charge in [0.05, 0.1) is 10.6 Å². The van der Waals surface area contributed by atoms with Crippen molar-refractivity contribution in [2.24, 2.45) is 0 Å². The van der Waals surface area contributed by atoms with Crippen LogP contribution in [0.3, 0.4) is 0 Å². The number of anilines is 1. The van der Waals surface area contributed by atoms with Crippen LogP contribution in [0.15, 0.2) is 41.0 Å². The normalized spacial score (nSPS) is 10.9. The first-order valence-electron chi connectivity index (χ1n) is 7.78. The van der Waals surface area contributed by atoms with Gasteiger partial charge in [-0.15, -0.1) is 0 Å². The van der Waals surface area contributed by atoms with E-state index in [1.165, 1.54) is 0 Å². The summed E-state index contributed by atoms with van der Waals surface area (Å²) in [5.74, 6) is -2.59. The summed E-state index contributed by atoms with van der Waals surface area (Å²) in [7, 11) is 0. The van der Waals surface area contributed by atoms with Crippen LogP contribution in [0.25, 0.3) is 0 Å². The number of ether oxygens (including phenoxy) is 1. The van der Waals surface area contributed by atoms with Crippen LogP contribution in [0, 0.1) is 0 Å². The lowest BCUT2D eigenvalue weighted by Gasteiger charge is -2.10. The minimum atomic E-state index is -4.63. The van der Waals surface area contributed by atoms with E-state index < -0.39 is 47.7 Å². The number of pyridine rings is 1. The van der Waals surface area contributed by atoms with Gasteiger partial charge in [0.15, 0.2) is 12.4 Å². The zero-order valence-corrected chi connectivity index (χ0v) is 16.7. The number of nitrogens with zero attached hydrogens (tertiary/aromatic N) is 1. The van der Waals surface area contributed by atoms with Crippen LogP contribution in [0.1, 0.15) is 15.9 Å². The molecule has 0 aliphatic carbocycles. The lowest BCUT2D eigenvalue weighted by atomic mass is 10.2. The predicted octanol–water partition coefficient (Wildman–Crippen LogP) is 3.43. The van der Waals surface area contributed by atoms with Crippen molar-refractivity contribution in [3.63, 3.8) is 0 Å². The molecule has 0 saturated heterocycles. The molecule has 154 valence electrons. The summed E-state index contributed by atoms with van der Waals surface area (Å²) in [6.45, 7) is -1.23. The number of benzene rings is 1. The van der Waals surface area contributed by atoms with Gasteiger partial charge < -0.3 is 15.4 Å². The van der Waals surface area contributed by atoms with Crippen molar-refractivity contribution >= 4 is 51.1 Å². The topological polar surface area (TPSA) is 97.4 Å². The summed E-state index contributed by atoms with van der Waals surface area (Å²) in [5, 5.41) is 4.01. The summed E-state index contributed by atoms with van der Waals surface area (Å²) in [5.41, 5.74) is -0.754. The van der Waals surface area contributed by atoms with Crippen molar-refractivity contribution in [3.8, 4) is 0 Å². The number of nitrogens with one attached hydrogen (secondary N) is 2. The van der Waals surface area contributed by atoms with E-state index in [4.69, 9.17) is 11.6 Å². The number of carbonyl (C=O) groups excluding carboxylic acids is 3. The Balaban J connectivity index is 1.79. The molecule has 7 nitrogen and oxygen atoms in total. The summed E-state index contributed by atoms with van der Waals surface area (Å²) < 4.78 is 43.1. The Hall–Kier alpha value is -2.66. The zero-order chi connectivity index (χ0) is 21.6. The first kappa shape index (κ1) is 22.6. The van der Waals surface area contributed by atoms with E-state index in [0.29, 0.717) is 17.8 Å². The van der Waals surface area contributed by atoms with Crippen LogP contribution in [-0.2, 0) is 20.5 Å². The number of alkyl halides is 3. The Morgan fingerprint density at radius 1 is 1.17 bits per heavy atom. The largest absolute Gasteiger partial charge is 0.454 e. The van der Waals surface area contributed by atoms with Crippen LogP contribution in [0.2, 0.25) is 5.02 Å². The van der Waals surface area contributed by atoms with Gasteiger partial charge in [0.25, 0.3) is 11.8 Å². The van der Waals surface area contributed by atoms with E-state index in [9.17, 15) is 27.6 Å². The second kappa shape index (κ2) is 9.70. The zero-order valence-electron chi connectivity index (χ0n) is 14.3. The molecule has 12 heteroatoms. The quantitative estimate of drug-likeness (QED) is 0.600. The third kappa shape index (κ3) is 7.02. The van der Waals surface area contributed by atoms with E-state index in [2.05, 4.69) is 36.3 Å². The molecular formula is C17H12BrClF3N3O4. The molecule has 2 rings (SSSR count). The number of amides is 2. The van der Waals surface area contributed by atoms with Crippen molar-refractivity contribution in [2.75, 3.05) is 18.5 Å². The van der Waals surface area contributed by atoms with E-state index >= 15 is 0 Å². The van der Waals surface area contributed by atoms with Crippen LogP contribution in [0.5, 0.6) is 0 Å². The second-order valence-corrected chi connectivity index (χ2v) is 6.77. The fourth-order valence-corrected chi connectivity index (χ4v) is 2.38. The molecule has 0 aliphatic heterocycles. The fraction of sp³-hybridized carbons (Fsp3) is 0.176. The van der Waals surface area contributed by atoms with Gasteiger partial charge in [-0.3, -0.25) is 14.4 Å². The number of esters is 1. The first-order valence-corrected chi connectivity index (χ1v) is 8.95. The average molecular weight is 495 g/mol. The van der Waals surface area contributed by atoms with Gasteiger partial charge in [0.1, 0.15) is 6.54 Å². The number of hydrogen-bond donors (Lipinski definition) is 2. The monoisotopic (exact) mass is 493 g/mol. The fourth-order valence-electron chi connectivity index (χ4n) is 1.91. The summed E-state index contributed by atoms with van der Waals surface area (Å²) >= 11 is 8.88. The Kier molecular flexibility index (Phi) is 7.57. The molecule has 0 radical (unpaired) electrons. The molecule has 0 unspecified atom stereocenters. The molecule has 0 fully saturated rings. The van der Waals surface area contributed by atoms with Crippen molar-refractivity contribution in [1.82, 2.24) is 10.3 Å². The molecule has 2 aromatic rings. The van der Waals surface area contributed by atoms with Crippen molar-refractivity contribution < 1.29 is 32.3 Å². The third-order valence-electron chi connectivity index (χ3n) is 3.29. The number of hydrogen-bond acceptors (Lipinski definition) is 5. The van der Waals surface area contributed by atoms with Crippen molar-refractivity contribution in [2.45, 2.75) is 6.18 Å². The van der Waals surface area contributed by atoms with Gasteiger partial charge in [-0.1, -0.05) is 27.5 Å². The Bertz CT molecular complexity index is 923. The molecule has 0 aliphatic rings. The predicted molar refractivity (Wildman–Crippen MR) is 100 cm³/mol. The molecular weight excluding hydrogens is 483 g/mol. The molecule has 0 saturated carbocycles. The Morgan fingerprint density at radius 2 is 1.83 bits per heavy atom. The van der Waals surface area contributed by atoms with Crippen molar-refractivity contribution in [3.05, 3.63) is 57.2 Å². The van der Waals surface area contributed by atoms with Gasteiger partial charge in [0.2, 0.25) is 0 Å². The van der Waals surface area contributed by atoms with E-state index in [0.717, 1.165) is 4.47 Å². The maximum Gasteiger partial charge on any atom is 0.417 e. The van der Waals surface area contributed by atoms with Gasteiger partial charge in [-0.05, 0) is 30.3 Å². The Labute approximate surface area is 175 Å². The van der Waals surface area contributed by atoms with Crippen LogP contribution in [-0.4, -0.2) is 35.9 Å². The lowest BCUT2D eigenvalue weighted by Crippen LogP contribution is -2.32. The highest BCUT2D eigenvalue weighted by atomic mass is 79.9. The molecule has 0 atom stereocenters. The van der Waals surface area contributed by atoms with Gasteiger partial charge in [-0.25, -0.2) is 4.98 Å². The molecule has 1 aromatic carbocycles. The number of rotatable bonds is 6. The molecule has 1 aromatic heterocycles. The van der Waals surface area contributed by atoms with Gasteiger partial charge in [-0.2, -0.15) is 13.2 Å². The van der Waals surface area contributed by atoms with E-state index in [-0.39, 0.29) is 5.82 Å². The molecule has 0 spiro atoms. The standard InChI is InChI=1S/C17H12BrClF3N3O4/c18-11-3-1-9(2-4-11)16(28)24-7-14(27)29-8-13(26)25-15-12(19)5-10(6-23-15)17(20,21)22/h1-6H,7-8H2,(H,24,28)(H,23,25,26). The number of aromatic nitrogens is 1. The molecule has 2 N–H and O–H groups in total. The molecule has 29 heavy (non-hydrogen) atoms. The number of carbonyl (C=O) groups is 3. The SMILES string of the molecule is O=C(COC(=O)CNC(=O)c1ccc(Br)cc1)Nc1ncc(C(F)(F)F)cc1Cl. The van der Waals surface area contributed by atoms with Crippen molar-refractivity contribution in [1.29, 1.82) is 0 Å². The second-order valence-electron chi connectivity index (χ2n) is 5.45. The lowest BCUT2D eigenvalue weighted by molar-refractivity contribution is -0.146. The highest BCUT2D eigenvalue weighted by Gasteiger charge is 2.31. The van der Waals surface area contributed by atoms with E-state index in [1.54, 1.807) is 24.3 Å². The van der Waals surface area contributed by atoms with Crippen LogP contribution >= 0.6 is 27.5 Å². The van der Waals surface area contributed by atoms with Crippen LogP contribution < -0.4 is 10.6 Å². The maximum atomic E-state index is 12.6. The van der Waals surface area contributed by atoms with Crippen LogP contribution in [0.4, 0.5) is 19.0 Å². The number of halogens is 5. The summed E-state index contributed by atoms with van der Waals surface area (Å²) in [6.07, 6.45) is -4.12. The highest BCUT2D eigenvalue weighted by Crippen LogP contribution is 2.32. The maximum absolute atomic E-state index is 12.6. The first-order chi connectivity index (χ1) is 13.6. The van der Waals surface area contributed by atoms with E-state index in [1.807, 2.05) is 0 Å². The Morgan fingerprint density at radius 3 is 2.41 bits per heavy atom. The molecule has 1 heterocycles. The molecule has 0 bridgehead atoms. The minimum Gasteiger partial charge on any atom is -0.454 e.